The Kier molecular flexibility index (Phi) is 6.11. The smallest absolute Gasteiger partial charge is 0.146 e. The van der Waals surface area contributed by atoms with Crippen LogP contribution in [-0.2, 0) is 16.5 Å². The number of rotatable bonds is 7. The first-order valence-corrected chi connectivity index (χ1v) is 11.1. The molecule has 3 N–H and O–H groups in total. The van der Waals surface area contributed by atoms with Crippen LogP contribution in [0.1, 0.15) is 63.1 Å². The maximum absolute atomic E-state index is 13.9. The molecule has 2 atom stereocenters. The predicted molar refractivity (Wildman–Crippen MR) is 116 cm³/mol. The maximum Gasteiger partial charge on any atom is 0.146 e. The van der Waals surface area contributed by atoms with Gasteiger partial charge in [0.05, 0.1) is 38.6 Å². The molecule has 0 aromatic heterocycles. The van der Waals surface area contributed by atoms with Crippen molar-refractivity contribution in [3.05, 3.63) is 65.0 Å². The number of hydrogen-bond donors (Lipinski definition) is 2. The van der Waals surface area contributed by atoms with E-state index in [0.717, 1.165) is 17.5 Å². The first-order valence-electron chi connectivity index (χ1n) is 9.91. The fraction of sp³-hybridized carbons (Fsp3) is 0.435. The summed E-state index contributed by atoms with van der Waals surface area (Å²) in [5.74, 6) is 0.170. The van der Waals surface area contributed by atoms with Gasteiger partial charge in [0.2, 0.25) is 0 Å². The summed E-state index contributed by atoms with van der Waals surface area (Å²) in [5, 5.41) is 9.42. The van der Waals surface area contributed by atoms with Crippen LogP contribution in [0.15, 0.2) is 42.5 Å². The molecule has 0 bridgehead atoms. The first kappa shape index (κ1) is 21.5. The van der Waals surface area contributed by atoms with Gasteiger partial charge in [-0.15, -0.1) is 0 Å². The van der Waals surface area contributed by atoms with Crippen molar-refractivity contribution in [1.82, 2.24) is 4.72 Å². The Hall–Kier alpha value is -2.23. The zero-order valence-corrected chi connectivity index (χ0v) is 18.0. The van der Waals surface area contributed by atoms with E-state index in [1.165, 1.54) is 18.9 Å². The second-order valence-electron chi connectivity index (χ2n) is 8.80. The highest BCUT2D eigenvalue weighted by Gasteiger charge is 2.40. The van der Waals surface area contributed by atoms with Crippen LogP contribution in [-0.4, -0.2) is 8.96 Å². The van der Waals surface area contributed by atoms with Gasteiger partial charge in [-0.3, -0.25) is 0 Å². The van der Waals surface area contributed by atoms with E-state index in [1.807, 2.05) is 39.0 Å². The van der Waals surface area contributed by atoms with Gasteiger partial charge in [-0.1, -0.05) is 31.0 Å². The number of halogens is 1. The van der Waals surface area contributed by atoms with Crippen molar-refractivity contribution in [2.75, 3.05) is 5.73 Å². The number of benzene rings is 2. The molecule has 0 saturated heterocycles. The molecule has 1 saturated carbocycles. The molecule has 0 aliphatic heterocycles. The number of nitrogens with one attached hydrogen (secondary N) is 1. The Bertz CT molecular complexity index is 959. The van der Waals surface area contributed by atoms with E-state index >= 15 is 0 Å². The Balaban J connectivity index is 2.19. The predicted octanol–water partition coefficient (Wildman–Crippen LogP) is 4.77. The second-order valence-corrected chi connectivity index (χ2v) is 10.8. The van der Waals surface area contributed by atoms with E-state index in [4.69, 9.17) is 5.73 Å². The third kappa shape index (κ3) is 4.85. The highest BCUT2D eigenvalue weighted by Crippen LogP contribution is 2.42. The van der Waals surface area contributed by atoms with Crippen LogP contribution in [0.3, 0.4) is 0 Å². The van der Waals surface area contributed by atoms with Crippen molar-refractivity contribution in [3.63, 3.8) is 0 Å². The van der Waals surface area contributed by atoms with E-state index in [2.05, 4.69) is 10.8 Å². The highest BCUT2D eigenvalue weighted by molar-refractivity contribution is 7.84. The summed E-state index contributed by atoms with van der Waals surface area (Å²) in [7, 11) is -1.39. The molecule has 3 rings (SSSR count). The van der Waals surface area contributed by atoms with Crippen LogP contribution in [0, 0.1) is 23.1 Å². The topological polar surface area (TPSA) is 78.9 Å². The molecule has 2 aromatic rings. The molecule has 29 heavy (non-hydrogen) atoms. The molecule has 0 amide bonds. The van der Waals surface area contributed by atoms with Crippen molar-refractivity contribution < 1.29 is 8.60 Å². The summed E-state index contributed by atoms with van der Waals surface area (Å²) < 4.78 is 30.0. The number of nitriles is 1. The van der Waals surface area contributed by atoms with Gasteiger partial charge in [-0.25, -0.2) is 13.3 Å². The minimum atomic E-state index is -1.39. The van der Waals surface area contributed by atoms with Crippen LogP contribution >= 0.6 is 0 Å². The lowest BCUT2D eigenvalue weighted by Crippen LogP contribution is -2.49. The summed E-state index contributed by atoms with van der Waals surface area (Å²) in [6.45, 7) is 5.73. The fourth-order valence-corrected chi connectivity index (χ4v) is 4.39. The molecule has 6 heteroatoms. The zero-order valence-electron chi connectivity index (χ0n) is 17.2. The molecular weight excluding hydrogens is 385 g/mol. The van der Waals surface area contributed by atoms with Crippen molar-refractivity contribution in [2.24, 2.45) is 5.92 Å². The van der Waals surface area contributed by atoms with Gasteiger partial charge in [-0.05, 0) is 74.9 Å². The van der Waals surface area contributed by atoms with Crippen LogP contribution in [0.25, 0.3) is 0 Å². The molecule has 2 aromatic carbocycles. The SMILES string of the molecule is CC(C)(C)S(=O)NC(CCC1CC1)(c1cccc(C#N)c1)c1ccc(F)c(N)c1. The molecule has 4 nitrogen and oxygen atoms in total. The molecule has 1 aliphatic carbocycles. The zero-order chi connectivity index (χ0) is 21.2. The molecular formula is C23H28FN3OS. The van der Waals surface area contributed by atoms with E-state index in [-0.39, 0.29) is 5.69 Å². The fourth-order valence-electron chi connectivity index (χ4n) is 3.43. The molecule has 1 aliphatic rings. The van der Waals surface area contributed by atoms with E-state index in [9.17, 15) is 13.9 Å². The number of nitrogen functional groups attached to an aromatic ring is 1. The molecule has 0 heterocycles. The number of nitrogens with zero attached hydrogens (tertiary/aromatic N) is 1. The minimum absolute atomic E-state index is 0.0538. The van der Waals surface area contributed by atoms with Crippen molar-refractivity contribution >= 4 is 16.7 Å². The minimum Gasteiger partial charge on any atom is -0.396 e. The van der Waals surface area contributed by atoms with Crippen LogP contribution in [0.5, 0.6) is 0 Å². The third-order valence-electron chi connectivity index (χ3n) is 5.42. The largest absolute Gasteiger partial charge is 0.396 e. The number of hydrogen-bond acceptors (Lipinski definition) is 3. The Morgan fingerprint density at radius 1 is 1.21 bits per heavy atom. The molecule has 2 unspecified atom stereocenters. The maximum atomic E-state index is 13.9. The molecule has 154 valence electrons. The molecule has 1 fully saturated rings. The lowest BCUT2D eigenvalue weighted by molar-refractivity contribution is 0.415. The Labute approximate surface area is 174 Å². The quantitative estimate of drug-likeness (QED) is 0.642. The van der Waals surface area contributed by atoms with Crippen molar-refractivity contribution in [2.45, 2.75) is 56.7 Å². The Morgan fingerprint density at radius 2 is 1.90 bits per heavy atom. The Morgan fingerprint density at radius 3 is 2.48 bits per heavy atom. The average molecular weight is 414 g/mol. The lowest BCUT2D eigenvalue weighted by atomic mass is 9.79. The molecule has 0 spiro atoms. The van der Waals surface area contributed by atoms with Gasteiger partial charge in [0.25, 0.3) is 0 Å². The van der Waals surface area contributed by atoms with Crippen LogP contribution in [0.2, 0.25) is 0 Å². The van der Waals surface area contributed by atoms with Gasteiger partial charge in [0, 0.05) is 0 Å². The standard InChI is InChI=1S/C23H28FN3OS/c1-22(2,3)29(28)27-23(12-11-16-7-8-16,18-6-4-5-17(13-18)15-25)19-9-10-20(24)21(26)14-19/h4-6,9-10,13-14,16,27H,7-8,11-12,26H2,1-3H3. The summed E-state index contributed by atoms with van der Waals surface area (Å²) in [6, 6.07) is 14.2. The normalized spacial score (nSPS) is 17.3. The summed E-state index contributed by atoms with van der Waals surface area (Å²) in [5.41, 5.74) is 7.23. The summed E-state index contributed by atoms with van der Waals surface area (Å²) in [6.07, 6.45) is 4.02. The summed E-state index contributed by atoms with van der Waals surface area (Å²) in [4.78, 5) is 0. The summed E-state index contributed by atoms with van der Waals surface area (Å²) >= 11 is 0. The van der Waals surface area contributed by atoms with Gasteiger partial charge in [0.15, 0.2) is 0 Å². The van der Waals surface area contributed by atoms with Crippen molar-refractivity contribution in [1.29, 1.82) is 5.26 Å². The average Bonchev–Trinajstić information content (AvgIpc) is 3.51. The second kappa shape index (κ2) is 8.25. The van der Waals surface area contributed by atoms with Crippen molar-refractivity contribution in [3.8, 4) is 6.07 Å². The van der Waals surface area contributed by atoms with Crippen LogP contribution in [0.4, 0.5) is 10.1 Å². The van der Waals surface area contributed by atoms with E-state index in [1.54, 1.807) is 18.2 Å². The lowest BCUT2D eigenvalue weighted by Gasteiger charge is -2.38. The van der Waals surface area contributed by atoms with Gasteiger partial charge >= 0.3 is 0 Å². The van der Waals surface area contributed by atoms with Crippen LogP contribution < -0.4 is 10.5 Å². The third-order valence-corrected chi connectivity index (χ3v) is 7.07. The number of anilines is 1. The van der Waals surface area contributed by atoms with Gasteiger partial charge in [-0.2, -0.15) is 5.26 Å². The van der Waals surface area contributed by atoms with E-state index in [0.29, 0.717) is 17.9 Å². The highest BCUT2D eigenvalue weighted by atomic mass is 32.2. The van der Waals surface area contributed by atoms with Gasteiger partial charge in [0.1, 0.15) is 5.82 Å². The van der Waals surface area contributed by atoms with Gasteiger partial charge < -0.3 is 5.73 Å². The number of nitrogens with two attached hydrogens (primary N) is 1. The molecule has 0 radical (unpaired) electrons. The monoisotopic (exact) mass is 413 g/mol. The first-order chi connectivity index (χ1) is 13.7. The van der Waals surface area contributed by atoms with E-state index < -0.39 is 27.1 Å².